The zero-order valence-corrected chi connectivity index (χ0v) is 26.7. The van der Waals surface area contributed by atoms with Crippen LogP contribution < -0.4 is 26.4 Å². The van der Waals surface area contributed by atoms with E-state index < -0.39 is 31.2 Å². The van der Waals surface area contributed by atoms with Crippen molar-refractivity contribution < 1.29 is 38.1 Å². The summed E-state index contributed by atoms with van der Waals surface area (Å²) >= 11 is 3.03. The van der Waals surface area contributed by atoms with E-state index in [1.165, 1.54) is 14.2 Å². The van der Waals surface area contributed by atoms with Crippen molar-refractivity contribution in [2.75, 3.05) is 34.1 Å². The number of hydrogen-bond donors (Lipinski definition) is 6. The number of ether oxygens (including phenoxy) is 4. The van der Waals surface area contributed by atoms with Gasteiger partial charge in [-0.25, -0.2) is 19.2 Å². The summed E-state index contributed by atoms with van der Waals surface area (Å²) in [5, 5.41) is 15.5. The van der Waals surface area contributed by atoms with Crippen molar-refractivity contribution >= 4 is 37.2 Å². The topological polar surface area (TPSA) is 179 Å². The molecule has 2 rings (SSSR count). The van der Waals surface area contributed by atoms with Gasteiger partial charge in [0.05, 0.1) is 14.2 Å². The first-order valence-corrected chi connectivity index (χ1v) is 14.3. The minimum Gasteiger partial charge on any atom is -0.453 e. The van der Waals surface area contributed by atoms with Gasteiger partial charge in [-0.2, -0.15) is 0 Å². The van der Waals surface area contributed by atoms with Crippen LogP contribution in [0.1, 0.15) is 80.1 Å². The first kappa shape index (κ1) is 36.4. The van der Waals surface area contributed by atoms with Crippen LogP contribution in [0, 0.1) is 21.7 Å². The van der Waals surface area contributed by atoms with Crippen molar-refractivity contribution in [3.05, 3.63) is 0 Å². The highest BCUT2D eigenvalue weighted by Gasteiger charge is 2.43. The molecule has 238 valence electrons. The molecule has 0 aromatic rings. The molecule has 0 bridgehead atoms. The number of amides is 4. The van der Waals surface area contributed by atoms with Crippen molar-refractivity contribution in [2.45, 2.75) is 92.2 Å². The van der Waals surface area contributed by atoms with Crippen LogP contribution in [0.3, 0.4) is 0 Å². The Kier molecular flexibility index (Phi) is 13.8. The van der Waals surface area contributed by atoms with Gasteiger partial charge in [0.2, 0.25) is 6.79 Å². The number of alkyl carbamates (subject to hydrolysis) is 4. The standard InChI is InChI=1S/C27H48N4O8.H3NS/c1-24(2)9-18(30-22(34)36-7)11-26(5,13-24)15-28-20(32)38-17-39-21(33)29-16-27(6)12-19(31-23(35)37-8)10-25(3,4)14-27;1-2/h18-19H,9-17H2,1-8H3,(H,28,32)(H,29,33)(H,30,34)(H,31,35);2H,1H2. The molecule has 2 aliphatic rings. The van der Waals surface area contributed by atoms with Gasteiger partial charge in [-0.3, -0.25) is 5.14 Å². The predicted octanol–water partition coefficient (Wildman–Crippen LogP) is 4.07. The van der Waals surface area contributed by atoms with Crippen LogP contribution in [0.4, 0.5) is 19.2 Å². The summed E-state index contributed by atoms with van der Waals surface area (Å²) < 4.78 is 19.6. The van der Waals surface area contributed by atoms with E-state index in [4.69, 9.17) is 18.9 Å². The molecule has 4 amide bonds. The van der Waals surface area contributed by atoms with Crippen molar-refractivity contribution in [1.82, 2.24) is 21.3 Å². The maximum absolute atomic E-state index is 12.3. The van der Waals surface area contributed by atoms with Crippen LogP contribution in [0.5, 0.6) is 0 Å². The fourth-order valence-electron chi connectivity index (χ4n) is 7.00. The summed E-state index contributed by atoms with van der Waals surface area (Å²) in [4.78, 5) is 47.9. The number of hydrogen-bond acceptors (Lipinski definition) is 10. The molecule has 0 saturated heterocycles. The molecule has 14 heteroatoms. The van der Waals surface area contributed by atoms with Crippen LogP contribution in [0.25, 0.3) is 0 Å². The number of carbonyl (C=O) groups is 4. The van der Waals surface area contributed by atoms with Gasteiger partial charge in [0.25, 0.3) is 0 Å². The van der Waals surface area contributed by atoms with Crippen LogP contribution >= 0.6 is 12.8 Å². The second-order valence-electron chi connectivity index (χ2n) is 13.5. The highest BCUT2D eigenvalue weighted by atomic mass is 32.1. The highest BCUT2D eigenvalue weighted by molar-refractivity contribution is 7.77. The van der Waals surface area contributed by atoms with Gasteiger partial charge in [-0.15, -0.1) is 12.8 Å². The summed E-state index contributed by atoms with van der Waals surface area (Å²) in [5.41, 5.74) is -0.612. The lowest BCUT2D eigenvalue weighted by Crippen LogP contribution is -2.50. The first-order valence-electron chi connectivity index (χ1n) is 13.7. The molecule has 0 heterocycles. The lowest BCUT2D eigenvalue weighted by atomic mass is 9.62. The maximum Gasteiger partial charge on any atom is 0.410 e. The SMILES string of the molecule is COC(=O)NC1CC(C)(C)CC(C)(CNC(=O)OCOC(=O)NCC2(C)CC(NC(=O)OC)CC(C)(C)C2)C1.NS. The fraction of sp³-hybridized carbons (Fsp3) is 0.852. The molecule has 0 spiro atoms. The van der Waals surface area contributed by atoms with Gasteiger partial charge in [0.1, 0.15) is 0 Å². The van der Waals surface area contributed by atoms with E-state index in [0.29, 0.717) is 25.9 Å². The van der Waals surface area contributed by atoms with E-state index >= 15 is 0 Å². The number of methoxy groups -OCH3 is 2. The number of rotatable bonds is 8. The summed E-state index contributed by atoms with van der Waals surface area (Å²) in [5.74, 6) is 0. The summed E-state index contributed by atoms with van der Waals surface area (Å²) in [6.07, 6.45) is 2.35. The predicted molar refractivity (Wildman–Crippen MR) is 157 cm³/mol. The van der Waals surface area contributed by atoms with E-state index in [1.54, 1.807) is 0 Å². The molecule has 0 aliphatic heterocycles. The third-order valence-corrected chi connectivity index (χ3v) is 7.60. The van der Waals surface area contributed by atoms with Gasteiger partial charge in [0, 0.05) is 25.2 Å². The molecule has 41 heavy (non-hydrogen) atoms. The minimum atomic E-state index is -0.692. The average molecular weight is 606 g/mol. The molecule has 2 saturated carbocycles. The maximum atomic E-state index is 12.3. The van der Waals surface area contributed by atoms with Gasteiger partial charge >= 0.3 is 24.4 Å². The number of carbonyl (C=O) groups excluding carboxylic acids is 4. The number of nitrogens with two attached hydrogens (primary N) is 1. The van der Waals surface area contributed by atoms with Crippen LogP contribution in [0.2, 0.25) is 0 Å². The first-order chi connectivity index (χ1) is 19.0. The summed E-state index contributed by atoms with van der Waals surface area (Å²) in [6.45, 7) is 12.8. The Hall–Kier alpha value is -2.61. The van der Waals surface area contributed by atoms with Gasteiger partial charge in [-0.05, 0) is 60.2 Å². The van der Waals surface area contributed by atoms with Gasteiger partial charge in [0.15, 0.2) is 0 Å². The van der Waals surface area contributed by atoms with Crippen LogP contribution in [0.15, 0.2) is 0 Å². The zero-order chi connectivity index (χ0) is 31.5. The Morgan fingerprint density at radius 2 is 1.00 bits per heavy atom. The molecule has 6 N–H and O–H groups in total. The Morgan fingerprint density at radius 3 is 1.32 bits per heavy atom. The molecular formula is C27H51N5O8S. The Morgan fingerprint density at radius 1 is 0.659 bits per heavy atom. The Bertz CT molecular complexity index is 835. The van der Waals surface area contributed by atoms with Crippen molar-refractivity contribution in [3.63, 3.8) is 0 Å². The zero-order valence-electron chi connectivity index (χ0n) is 25.8. The Balaban J connectivity index is 0.00000411. The minimum absolute atomic E-state index is 0.0367. The number of nitrogens with one attached hydrogen (secondary N) is 4. The van der Waals surface area contributed by atoms with E-state index in [0.717, 1.165) is 25.7 Å². The van der Waals surface area contributed by atoms with E-state index in [2.05, 4.69) is 80.8 Å². The average Bonchev–Trinajstić information content (AvgIpc) is 2.85. The van der Waals surface area contributed by atoms with Crippen LogP contribution in [-0.4, -0.2) is 70.6 Å². The third-order valence-electron chi connectivity index (χ3n) is 7.60. The fourth-order valence-corrected chi connectivity index (χ4v) is 7.00. The van der Waals surface area contributed by atoms with E-state index in [1.807, 2.05) is 0 Å². The molecule has 4 unspecified atom stereocenters. The largest absolute Gasteiger partial charge is 0.453 e. The lowest BCUT2D eigenvalue weighted by molar-refractivity contribution is 0.0154. The molecule has 2 fully saturated rings. The monoisotopic (exact) mass is 605 g/mol. The van der Waals surface area contributed by atoms with E-state index in [9.17, 15) is 19.2 Å². The Labute approximate surface area is 249 Å². The molecule has 0 aromatic carbocycles. The molecule has 4 atom stereocenters. The van der Waals surface area contributed by atoms with Crippen LogP contribution in [-0.2, 0) is 18.9 Å². The number of thiol groups is 1. The highest BCUT2D eigenvalue weighted by Crippen LogP contribution is 2.46. The van der Waals surface area contributed by atoms with E-state index in [-0.39, 0.29) is 33.7 Å². The van der Waals surface area contributed by atoms with Gasteiger partial charge in [-0.1, -0.05) is 41.5 Å². The van der Waals surface area contributed by atoms with Crippen molar-refractivity contribution in [3.8, 4) is 0 Å². The molecular weight excluding hydrogens is 554 g/mol. The van der Waals surface area contributed by atoms with Gasteiger partial charge < -0.3 is 40.2 Å². The van der Waals surface area contributed by atoms with Crippen molar-refractivity contribution in [1.29, 1.82) is 0 Å². The summed E-state index contributed by atoms with van der Waals surface area (Å²) in [7, 11) is 2.67. The quantitative estimate of drug-likeness (QED) is 0.135. The molecule has 0 radical (unpaired) electrons. The van der Waals surface area contributed by atoms with Crippen molar-refractivity contribution in [2.24, 2.45) is 26.8 Å². The third kappa shape index (κ3) is 13.3. The second kappa shape index (κ2) is 15.6. The summed E-state index contributed by atoms with van der Waals surface area (Å²) in [6, 6.07) is -0.140. The molecule has 2 aliphatic carbocycles. The molecule has 13 nitrogen and oxygen atoms in total. The smallest absolute Gasteiger partial charge is 0.410 e. The normalized spacial score (nSPS) is 28.0. The lowest BCUT2D eigenvalue weighted by Gasteiger charge is -2.46. The second-order valence-corrected chi connectivity index (χ2v) is 13.5. The molecule has 0 aromatic heterocycles.